The van der Waals surface area contributed by atoms with Gasteiger partial charge in [-0.15, -0.1) is 12.4 Å². The maximum Gasteiger partial charge on any atom is 0.0575 e. The van der Waals surface area contributed by atoms with Crippen LogP contribution in [0.4, 0.5) is 0 Å². The molecule has 2 fully saturated rings. The van der Waals surface area contributed by atoms with Crippen molar-refractivity contribution in [3.63, 3.8) is 0 Å². The zero-order valence-electron chi connectivity index (χ0n) is 11.2. The lowest BCUT2D eigenvalue weighted by atomic mass is 9.93. The molecule has 2 rings (SSSR count). The number of ether oxygens (including phenoxy) is 1. The maximum atomic E-state index is 5.74. The smallest absolute Gasteiger partial charge is 0.0575 e. The van der Waals surface area contributed by atoms with Gasteiger partial charge in [0.05, 0.1) is 6.10 Å². The summed E-state index contributed by atoms with van der Waals surface area (Å²) in [5, 5.41) is 3.50. The molecule has 3 unspecified atom stereocenters. The number of nitrogens with one attached hydrogen (secondary N) is 1. The molecule has 2 saturated heterocycles. The lowest BCUT2D eigenvalue weighted by molar-refractivity contribution is -0.0191. The van der Waals surface area contributed by atoms with Crippen LogP contribution in [0.2, 0.25) is 0 Å². The molecule has 102 valence electrons. The first-order valence-electron chi connectivity index (χ1n) is 6.85. The first kappa shape index (κ1) is 15.2. The van der Waals surface area contributed by atoms with Crippen LogP contribution in [-0.2, 0) is 4.74 Å². The fourth-order valence-electron chi connectivity index (χ4n) is 2.95. The SMILES string of the molecule is CCC1CC(CN2CCNC(C)C2)CCO1.Cl. The molecule has 2 heterocycles. The van der Waals surface area contributed by atoms with Crippen LogP contribution in [0.1, 0.15) is 33.1 Å². The minimum atomic E-state index is 0. The molecule has 4 heteroatoms. The Kier molecular flexibility index (Phi) is 6.78. The lowest BCUT2D eigenvalue weighted by Gasteiger charge is -2.37. The summed E-state index contributed by atoms with van der Waals surface area (Å²) in [7, 11) is 0. The number of hydrogen-bond donors (Lipinski definition) is 1. The van der Waals surface area contributed by atoms with Crippen molar-refractivity contribution < 1.29 is 4.74 Å². The highest BCUT2D eigenvalue weighted by Gasteiger charge is 2.24. The minimum Gasteiger partial charge on any atom is -0.378 e. The van der Waals surface area contributed by atoms with Gasteiger partial charge in [0, 0.05) is 38.8 Å². The van der Waals surface area contributed by atoms with E-state index in [0.717, 1.165) is 19.1 Å². The van der Waals surface area contributed by atoms with Crippen molar-refractivity contribution in [3.05, 3.63) is 0 Å². The van der Waals surface area contributed by atoms with Crippen molar-refractivity contribution in [2.24, 2.45) is 5.92 Å². The molecule has 3 nitrogen and oxygen atoms in total. The number of nitrogens with zero attached hydrogens (tertiary/aromatic N) is 1. The summed E-state index contributed by atoms with van der Waals surface area (Å²) in [6.45, 7) is 10.4. The molecule has 0 aromatic carbocycles. The third kappa shape index (κ3) is 4.74. The highest BCUT2D eigenvalue weighted by Crippen LogP contribution is 2.23. The Balaban J connectivity index is 0.00000144. The van der Waals surface area contributed by atoms with Gasteiger partial charge in [0.1, 0.15) is 0 Å². The Morgan fingerprint density at radius 2 is 2.24 bits per heavy atom. The lowest BCUT2D eigenvalue weighted by Crippen LogP contribution is -2.50. The van der Waals surface area contributed by atoms with E-state index in [9.17, 15) is 0 Å². The van der Waals surface area contributed by atoms with Gasteiger partial charge in [-0.25, -0.2) is 0 Å². The van der Waals surface area contributed by atoms with E-state index in [2.05, 4.69) is 24.1 Å². The predicted octanol–water partition coefficient (Wildman–Crippen LogP) is 1.91. The summed E-state index contributed by atoms with van der Waals surface area (Å²) in [5.41, 5.74) is 0. The average molecular weight is 263 g/mol. The Labute approximate surface area is 112 Å². The molecule has 0 amide bonds. The monoisotopic (exact) mass is 262 g/mol. The zero-order chi connectivity index (χ0) is 11.4. The van der Waals surface area contributed by atoms with Crippen LogP contribution < -0.4 is 5.32 Å². The fourth-order valence-corrected chi connectivity index (χ4v) is 2.95. The molecule has 2 aliphatic rings. The van der Waals surface area contributed by atoms with Gasteiger partial charge in [-0.3, -0.25) is 0 Å². The quantitative estimate of drug-likeness (QED) is 0.841. The van der Waals surface area contributed by atoms with Gasteiger partial charge in [-0.1, -0.05) is 6.92 Å². The summed E-state index contributed by atoms with van der Waals surface area (Å²) in [6.07, 6.45) is 4.23. The van der Waals surface area contributed by atoms with Crippen LogP contribution in [0.3, 0.4) is 0 Å². The summed E-state index contributed by atoms with van der Waals surface area (Å²) in [6, 6.07) is 0.663. The van der Waals surface area contributed by atoms with Crippen molar-refractivity contribution in [2.75, 3.05) is 32.8 Å². The van der Waals surface area contributed by atoms with Gasteiger partial charge in [-0.05, 0) is 32.1 Å². The van der Waals surface area contributed by atoms with Gasteiger partial charge in [0.15, 0.2) is 0 Å². The Bertz CT molecular complexity index is 216. The van der Waals surface area contributed by atoms with Crippen LogP contribution in [0.5, 0.6) is 0 Å². The maximum absolute atomic E-state index is 5.74. The van der Waals surface area contributed by atoms with Gasteiger partial charge >= 0.3 is 0 Å². The van der Waals surface area contributed by atoms with Gasteiger partial charge in [0.2, 0.25) is 0 Å². The van der Waals surface area contributed by atoms with Crippen LogP contribution in [0.15, 0.2) is 0 Å². The van der Waals surface area contributed by atoms with E-state index in [1.165, 1.54) is 38.9 Å². The standard InChI is InChI=1S/C13H26N2O.ClH/c1-3-13-8-12(4-7-16-13)10-15-6-5-14-11(2)9-15;/h11-14H,3-10H2,1-2H3;1H. The second kappa shape index (κ2) is 7.57. The van der Waals surface area contributed by atoms with Crippen molar-refractivity contribution >= 4 is 12.4 Å². The molecule has 0 aliphatic carbocycles. The van der Waals surface area contributed by atoms with Crippen LogP contribution in [-0.4, -0.2) is 49.8 Å². The molecule has 3 atom stereocenters. The highest BCUT2D eigenvalue weighted by atomic mass is 35.5. The normalized spacial score (nSPS) is 35.3. The number of halogens is 1. The van der Waals surface area contributed by atoms with E-state index in [1.54, 1.807) is 0 Å². The summed E-state index contributed by atoms with van der Waals surface area (Å²) < 4.78 is 5.74. The van der Waals surface area contributed by atoms with Crippen LogP contribution in [0, 0.1) is 5.92 Å². The summed E-state index contributed by atoms with van der Waals surface area (Å²) in [5.74, 6) is 0.865. The molecule has 2 aliphatic heterocycles. The van der Waals surface area contributed by atoms with E-state index < -0.39 is 0 Å². The topological polar surface area (TPSA) is 24.5 Å². The number of rotatable bonds is 3. The van der Waals surface area contributed by atoms with E-state index in [1.807, 2.05) is 0 Å². The van der Waals surface area contributed by atoms with E-state index in [-0.39, 0.29) is 12.4 Å². The molecule has 0 spiro atoms. The van der Waals surface area contributed by atoms with Crippen LogP contribution in [0.25, 0.3) is 0 Å². The molecule has 1 N–H and O–H groups in total. The van der Waals surface area contributed by atoms with E-state index in [0.29, 0.717) is 12.1 Å². The van der Waals surface area contributed by atoms with Crippen molar-refractivity contribution in [2.45, 2.75) is 45.3 Å². The largest absolute Gasteiger partial charge is 0.378 e. The molecule has 0 aromatic heterocycles. The van der Waals surface area contributed by atoms with Crippen molar-refractivity contribution in [1.82, 2.24) is 10.2 Å². The third-order valence-electron chi connectivity index (χ3n) is 3.90. The second-order valence-electron chi connectivity index (χ2n) is 5.41. The van der Waals surface area contributed by atoms with Crippen molar-refractivity contribution in [1.29, 1.82) is 0 Å². The summed E-state index contributed by atoms with van der Waals surface area (Å²) >= 11 is 0. The van der Waals surface area contributed by atoms with Gasteiger partial charge in [-0.2, -0.15) is 0 Å². The molecular weight excluding hydrogens is 236 g/mol. The Morgan fingerprint density at radius 3 is 2.94 bits per heavy atom. The second-order valence-corrected chi connectivity index (χ2v) is 5.41. The fraction of sp³-hybridized carbons (Fsp3) is 1.00. The molecule has 17 heavy (non-hydrogen) atoms. The number of hydrogen-bond acceptors (Lipinski definition) is 3. The van der Waals surface area contributed by atoms with Crippen LogP contribution >= 0.6 is 12.4 Å². The first-order valence-corrected chi connectivity index (χ1v) is 6.85. The average Bonchev–Trinajstić information content (AvgIpc) is 2.29. The van der Waals surface area contributed by atoms with E-state index >= 15 is 0 Å². The Hall–Kier alpha value is 0.170. The molecule has 0 saturated carbocycles. The highest BCUT2D eigenvalue weighted by molar-refractivity contribution is 5.85. The van der Waals surface area contributed by atoms with Gasteiger partial charge in [0.25, 0.3) is 0 Å². The zero-order valence-corrected chi connectivity index (χ0v) is 12.0. The number of piperazine rings is 1. The Morgan fingerprint density at radius 1 is 1.41 bits per heavy atom. The first-order chi connectivity index (χ1) is 7.78. The molecular formula is C13H27ClN2O. The third-order valence-corrected chi connectivity index (χ3v) is 3.90. The van der Waals surface area contributed by atoms with Gasteiger partial charge < -0.3 is 15.0 Å². The van der Waals surface area contributed by atoms with Crippen molar-refractivity contribution in [3.8, 4) is 0 Å². The summed E-state index contributed by atoms with van der Waals surface area (Å²) in [4.78, 5) is 2.63. The molecule has 0 radical (unpaired) electrons. The molecule has 0 bridgehead atoms. The molecule has 0 aromatic rings. The predicted molar refractivity (Wildman–Crippen MR) is 73.9 cm³/mol. The van der Waals surface area contributed by atoms with E-state index in [4.69, 9.17) is 4.74 Å². The minimum absolute atomic E-state index is 0.